The second-order valence-electron chi connectivity index (χ2n) is 10.5. The molecule has 9 nitrogen and oxygen atoms in total. The molecular formula is C29H35N3O6. The van der Waals surface area contributed by atoms with Gasteiger partial charge in [0, 0.05) is 11.4 Å². The van der Waals surface area contributed by atoms with Crippen LogP contribution in [0, 0.1) is 25.7 Å². The molecule has 38 heavy (non-hydrogen) atoms. The molecule has 0 aliphatic carbocycles. The van der Waals surface area contributed by atoms with E-state index in [4.69, 9.17) is 9.47 Å². The van der Waals surface area contributed by atoms with E-state index < -0.39 is 35.6 Å². The van der Waals surface area contributed by atoms with Crippen molar-refractivity contribution in [2.24, 2.45) is 11.8 Å². The fourth-order valence-electron chi connectivity index (χ4n) is 6.48. The first-order valence-electron chi connectivity index (χ1n) is 13.2. The van der Waals surface area contributed by atoms with Gasteiger partial charge in [0.15, 0.2) is 0 Å². The van der Waals surface area contributed by atoms with Crippen LogP contribution >= 0.6 is 0 Å². The molecule has 3 heterocycles. The fraction of sp³-hybridized carbons (Fsp3) is 0.483. The summed E-state index contributed by atoms with van der Waals surface area (Å²) in [6.45, 7) is 7.66. The third-order valence-corrected chi connectivity index (χ3v) is 8.19. The van der Waals surface area contributed by atoms with Crippen LogP contribution in [-0.2, 0) is 19.1 Å². The van der Waals surface area contributed by atoms with Crippen molar-refractivity contribution in [2.75, 3.05) is 23.8 Å². The second-order valence-corrected chi connectivity index (χ2v) is 10.5. The highest BCUT2D eigenvalue weighted by molar-refractivity contribution is 6.05. The molecule has 0 aromatic heterocycles. The molecule has 5 rings (SSSR count). The lowest BCUT2D eigenvalue weighted by Gasteiger charge is -2.35. The molecule has 9 heteroatoms. The Balaban J connectivity index is 1.45. The van der Waals surface area contributed by atoms with Crippen LogP contribution in [0.1, 0.15) is 37.8 Å². The number of amides is 3. The normalized spacial score (nSPS) is 28.2. The lowest BCUT2D eigenvalue weighted by Crippen LogP contribution is -2.55. The number of likely N-dealkylation sites (tertiary alicyclic amines) is 1. The number of benzene rings is 2. The molecule has 3 N–H and O–H groups in total. The topological polar surface area (TPSA) is 117 Å². The van der Waals surface area contributed by atoms with Crippen molar-refractivity contribution in [2.45, 2.75) is 64.3 Å². The molecule has 3 aliphatic rings. The molecule has 3 aliphatic heterocycles. The fourth-order valence-corrected chi connectivity index (χ4v) is 6.48. The maximum atomic E-state index is 13.9. The number of carbonyl (C=O) groups excluding carboxylic acids is 3. The Kier molecular flexibility index (Phi) is 6.92. The van der Waals surface area contributed by atoms with E-state index in [1.807, 2.05) is 39.0 Å². The minimum atomic E-state index is -1.13. The van der Waals surface area contributed by atoms with Crippen molar-refractivity contribution in [1.82, 2.24) is 4.90 Å². The molecule has 3 saturated heterocycles. The first-order valence-corrected chi connectivity index (χ1v) is 13.2. The van der Waals surface area contributed by atoms with Crippen LogP contribution in [0.5, 0.6) is 5.75 Å². The van der Waals surface area contributed by atoms with Crippen molar-refractivity contribution < 1.29 is 29.0 Å². The molecule has 3 fully saturated rings. The van der Waals surface area contributed by atoms with E-state index in [1.165, 1.54) is 4.90 Å². The monoisotopic (exact) mass is 521 g/mol. The minimum absolute atomic E-state index is 0.311. The molecule has 6 atom stereocenters. The average Bonchev–Trinajstić information content (AvgIpc) is 3.54. The molecule has 0 radical (unpaired) electrons. The number of aliphatic hydroxyl groups excluding tert-OH is 1. The Morgan fingerprint density at radius 2 is 1.82 bits per heavy atom. The van der Waals surface area contributed by atoms with Crippen LogP contribution < -0.4 is 15.4 Å². The second kappa shape index (κ2) is 10.0. The zero-order chi connectivity index (χ0) is 27.2. The first kappa shape index (κ1) is 26.2. The van der Waals surface area contributed by atoms with Crippen LogP contribution in [0.3, 0.4) is 0 Å². The third-order valence-electron chi connectivity index (χ3n) is 8.19. The highest BCUT2D eigenvalue weighted by atomic mass is 16.5. The SMILES string of the molecule is CCOc1ccc(NC(=O)[C@@H]2[C@@H]3CCC4(O3)C(C(=O)Nc3c(C)cccc3C)N([C@H](C)CO)C(=O)[C@H]24)cc1. The number of aliphatic hydroxyl groups is 1. The number of ether oxygens (including phenoxy) is 2. The minimum Gasteiger partial charge on any atom is -0.494 e. The number of aryl methyl sites for hydroxylation is 2. The predicted octanol–water partition coefficient (Wildman–Crippen LogP) is 3.03. The van der Waals surface area contributed by atoms with Gasteiger partial charge in [-0.25, -0.2) is 0 Å². The lowest BCUT2D eigenvalue weighted by atomic mass is 9.70. The Morgan fingerprint density at radius 1 is 1.13 bits per heavy atom. The maximum Gasteiger partial charge on any atom is 0.250 e. The Hall–Kier alpha value is -3.43. The summed E-state index contributed by atoms with van der Waals surface area (Å²) >= 11 is 0. The summed E-state index contributed by atoms with van der Waals surface area (Å²) in [6, 6.07) is 11.2. The highest BCUT2D eigenvalue weighted by Gasteiger charge is 2.74. The average molecular weight is 522 g/mol. The predicted molar refractivity (Wildman–Crippen MR) is 142 cm³/mol. The molecule has 1 spiro atoms. The molecular weight excluding hydrogens is 486 g/mol. The van der Waals surface area contributed by atoms with E-state index in [-0.39, 0.29) is 24.3 Å². The van der Waals surface area contributed by atoms with Gasteiger partial charge in [0.1, 0.15) is 17.4 Å². The van der Waals surface area contributed by atoms with Crippen LogP contribution in [0.25, 0.3) is 0 Å². The lowest BCUT2D eigenvalue weighted by molar-refractivity contribution is -0.142. The molecule has 3 amide bonds. The van der Waals surface area contributed by atoms with Crippen molar-refractivity contribution >= 4 is 29.1 Å². The Labute approximate surface area is 222 Å². The van der Waals surface area contributed by atoms with Crippen LogP contribution in [-0.4, -0.2) is 64.7 Å². The molecule has 202 valence electrons. The van der Waals surface area contributed by atoms with Crippen molar-refractivity contribution in [3.63, 3.8) is 0 Å². The van der Waals surface area contributed by atoms with E-state index in [0.29, 0.717) is 36.6 Å². The van der Waals surface area contributed by atoms with Gasteiger partial charge < -0.3 is 30.1 Å². The van der Waals surface area contributed by atoms with Crippen LogP contribution in [0.2, 0.25) is 0 Å². The van der Waals surface area contributed by atoms with E-state index in [2.05, 4.69) is 10.6 Å². The largest absolute Gasteiger partial charge is 0.494 e. The van der Waals surface area contributed by atoms with Gasteiger partial charge in [0.05, 0.1) is 37.2 Å². The van der Waals surface area contributed by atoms with E-state index in [0.717, 1.165) is 11.1 Å². The molecule has 2 bridgehead atoms. The standard InChI is InChI=1S/C29H35N3O6/c1-5-37-20-11-9-19(10-12-20)30-26(34)22-21-13-14-29(38-21)23(22)28(36)32(18(4)15-33)25(29)27(35)31-24-16(2)7-6-8-17(24)3/h6-12,18,21-23,25,33H,5,13-15H2,1-4H3,(H,30,34)(H,31,35)/t18-,21+,22-,23+,25?,29?/m1/s1. The van der Waals surface area contributed by atoms with Gasteiger partial charge >= 0.3 is 0 Å². The van der Waals surface area contributed by atoms with Gasteiger partial charge in [-0.3, -0.25) is 14.4 Å². The Morgan fingerprint density at radius 3 is 2.45 bits per heavy atom. The molecule has 2 unspecified atom stereocenters. The first-order chi connectivity index (χ1) is 18.2. The summed E-state index contributed by atoms with van der Waals surface area (Å²) in [5.41, 5.74) is 1.96. The van der Waals surface area contributed by atoms with Crippen LogP contribution in [0.4, 0.5) is 11.4 Å². The number of hydrogen-bond donors (Lipinski definition) is 3. The van der Waals surface area contributed by atoms with E-state index >= 15 is 0 Å². The van der Waals surface area contributed by atoms with Gasteiger partial charge in [-0.05, 0) is 75.9 Å². The van der Waals surface area contributed by atoms with Gasteiger partial charge in [-0.15, -0.1) is 0 Å². The summed E-state index contributed by atoms with van der Waals surface area (Å²) < 4.78 is 11.9. The number of nitrogens with zero attached hydrogens (tertiary/aromatic N) is 1. The van der Waals surface area contributed by atoms with E-state index in [9.17, 15) is 19.5 Å². The van der Waals surface area contributed by atoms with Crippen molar-refractivity contribution in [1.29, 1.82) is 0 Å². The summed E-state index contributed by atoms with van der Waals surface area (Å²) in [5, 5.41) is 16.0. The number of nitrogens with one attached hydrogen (secondary N) is 2. The summed E-state index contributed by atoms with van der Waals surface area (Å²) in [6.07, 6.45) is 0.591. The smallest absolute Gasteiger partial charge is 0.250 e. The zero-order valence-electron chi connectivity index (χ0n) is 22.2. The number of para-hydroxylation sites is 1. The van der Waals surface area contributed by atoms with Gasteiger partial charge in [0.25, 0.3) is 0 Å². The Bertz CT molecular complexity index is 1230. The third kappa shape index (κ3) is 4.14. The number of rotatable bonds is 8. The summed E-state index contributed by atoms with van der Waals surface area (Å²) in [7, 11) is 0. The van der Waals surface area contributed by atoms with E-state index in [1.54, 1.807) is 31.2 Å². The number of fused-ring (bicyclic) bond motifs is 1. The van der Waals surface area contributed by atoms with Gasteiger partial charge in [-0.2, -0.15) is 0 Å². The summed E-state index contributed by atoms with van der Waals surface area (Å²) in [4.78, 5) is 42.8. The zero-order valence-corrected chi connectivity index (χ0v) is 22.2. The van der Waals surface area contributed by atoms with Gasteiger partial charge in [-0.1, -0.05) is 18.2 Å². The molecule has 0 saturated carbocycles. The van der Waals surface area contributed by atoms with Crippen molar-refractivity contribution in [3.8, 4) is 5.75 Å². The molecule has 2 aromatic rings. The summed E-state index contributed by atoms with van der Waals surface area (Å²) in [5.74, 6) is -1.87. The number of carbonyl (C=O) groups is 3. The number of anilines is 2. The maximum absolute atomic E-state index is 13.9. The molecule has 2 aromatic carbocycles. The van der Waals surface area contributed by atoms with Crippen LogP contribution in [0.15, 0.2) is 42.5 Å². The van der Waals surface area contributed by atoms with Gasteiger partial charge in [0.2, 0.25) is 17.7 Å². The highest BCUT2D eigenvalue weighted by Crippen LogP contribution is 2.59. The quantitative estimate of drug-likeness (QED) is 0.492. The van der Waals surface area contributed by atoms with Crippen molar-refractivity contribution in [3.05, 3.63) is 53.6 Å². The number of hydrogen-bond acceptors (Lipinski definition) is 6.